The molecule has 112 valence electrons. The number of nitrogens with zero attached hydrogens (tertiary/aromatic N) is 2. The van der Waals surface area contributed by atoms with Crippen LogP contribution in [0, 0.1) is 0 Å². The molecule has 1 aromatic heterocycles. The fourth-order valence-electron chi connectivity index (χ4n) is 1.73. The average molecular weight is 330 g/mol. The molecule has 0 atom stereocenters. The van der Waals surface area contributed by atoms with Crippen molar-refractivity contribution >= 4 is 34.8 Å². The Morgan fingerprint density at radius 2 is 2.00 bits per heavy atom. The molecule has 6 nitrogen and oxygen atoms in total. The van der Waals surface area contributed by atoms with Gasteiger partial charge in [0.15, 0.2) is 0 Å². The summed E-state index contributed by atoms with van der Waals surface area (Å²) in [6.45, 7) is 0.0347. The summed E-state index contributed by atoms with van der Waals surface area (Å²) in [7, 11) is 2.98. The van der Waals surface area contributed by atoms with Crippen LogP contribution in [0.1, 0.15) is 0 Å². The van der Waals surface area contributed by atoms with Gasteiger partial charge < -0.3 is 19.4 Å². The van der Waals surface area contributed by atoms with Crippen LogP contribution in [0.4, 0.5) is 5.69 Å². The Kier molecular flexibility index (Phi) is 4.93. The summed E-state index contributed by atoms with van der Waals surface area (Å²) in [4.78, 5) is 15.9. The number of benzene rings is 1. The van der Waals surface area contributed by atoms with E-state index in [4.69, 9.17) is 32.7 Å². The van der Waals surface area contributed by atoms with Crippen LogP contribution in [0.2, 0.25) is 10.3 Å². The summed E-state index contributed by atoms with van der Waals surface area (Å²) in [6, 6.07) is 3.16. The van der Waals surface area contributed by atoms with Crippen LogP contribution in [0.3, 0.4) is 0 Å². The number of hydrogen-bond acceptors (Lipinski definition) is 4. The van der Waals surface area contributed by atoms with Crippen molar-refractivity contribution in [1.82, 2.24) is 9.55 Å². The lowest BCUT2D eigenvalue weighted by Crippen LogP contribution is -2.19. The van der Waals surface area contributed by atoms with Gasteiger partial charge in [0.25, 0.3) is 0 Å². The number of imidazole rings is 1. The second-order valence-electron chi connectivity index (χ2n) is 4.06. The summed E-state index contributed by atoms with van der Waals surface area (Å²) in [6.07, 6.45) is 3.13. The lowest BCUT2D eigenvalue weighted by Gasteiger charge is -2.13. The van der Waals surface area contributed by atoms with E-state index in [9.17, 15) is 4.79 Å². The Hall–Kier alpha value is -1.92. The molecule has 0 aliphatic heterocycles. The summed E-state index contributed by atoms with van der Waals surface area (Å²) in [5.41, 5.74) is 0.458. The van der Waals surface area contributed by atoms with Crippen molar-refractivity contribution in [2.45, 2.75) is 6.54 Å². The molecule has 1 N–H and O–H groups in total. The molecule has 0 bridgehead atoms. The molecule has 1 amide bonds. The van der Waals surface area contributed by atoms with Gasteiger partial charge in [0.2, 0.25) is 11.2 Å². The van der Waals surface area contributed by atoms with E-state index in [1.807, 2.05) is 0 Å². The minimum Gasteiger partial charge on any atom is -0.495 e. The summed E-state index contributed by atoms with van der Waals surface area (Å²) < 4.78 is 11.8. The highest BCUT2D eigenvalue weighted by Gasteiger charge is 2.13. The monoisotopic (exact) mass is 329 g/mol. The molecule has 2 rings (SSSR count). The second-order valence-corrected chi connectivity index (χ2v) is 4.80. The van der Waals surface area contributed by atoms with Gasteiger partial charge >= 0.3 is 0 Å². The van der Waals surface area contributed by atoms with Crippen molar-refractivity contribution in [3.63, 3.8) is 0 Å². The normalized spacial score (nSPS) is 10.3. The van der Waals surface area contributed by atoms with Crippen molar-refractivity contribution in [3.05, 3.63) is 34.8 Å². The van der Waals surface area contributed by atoms with Crippen molar-refractivity contribution in [2.75, 3.05) is 19.5 Å². The molecule has 8 heteroatoms. The highest BCUT2D eigenvalue weighted by atomic mass is 35.5. The van der Waals surface area contributed by atoms with Gasteiger partial charge in [-0.05, 0) is 11.6 Å². The fraction of sp³-hybridized carbons (Fsp3) is 0.231. The first-order chi connectivity index (χ1) is 10.0. The van der Waals surface area contributed by atoms with Gasteiger partial charge in [0.05, 0.1) is 24.9 Å². The Morgan fingerprint density at radius 1 is 1.29 bits per heavy atom. The number of anilines is 1. The number of methoxy groups -OCH3 is 2. The van der Waals surface area contributed by atoms with Crippen molar-refractivity contribution in [3.8, 4) is 11.5 Å². The molecule has 0 aliphatic carbocycles. The maximum atomic E-state index is 12.0. The van der Waals surface area contributed by atoms with Crippen LogP contribution in [0.25, 0.3) is 0 Å². The molecule has 1 aromatic carbocycles. The zero-order valence-corrected chi connectivity index (χ0v) is 12.9. The number of ether oxygens (including phenoxy) is 2. The van der Waals surface area contributed by atoms with Crippen molar-refractivity contribution in [2.24, 2.45) is 0 Å². The van der Waals surface area contributed by atoms with Gasteiger partial charge in [-0.3, -0.25) is 4.79 Å². The van der Waals surface area contributed by atoms with Crippen LogP contribution < -0.4 is 14.8 Å². The van der Waals surface area contributed by atoms with E-state index in [0.29, 0.717) is 22.2 Å². The van der Waals surface area contributed by atoms with Crippen LogP contribution in [-0.2, 0) is 11.3 Å². The molecule has 0 unspecified atom stereocenters. The average Bonchev–Trinajstić information content (AvgIpc) is 2.85. The zero-order chi connectivity index (χ0) is 15.4. The van der Waals surface area contributed by atoms with Gasteiger partial charge in [-0.15, -0.1) is 0 Å². The van der Waals surface area contributed by atoms with Gasteiger partial charge in [-0.25, -0.2) is 4.98 Å². The van der Waals surface area contributed by atoms with Crippen molar-refractivity contribution in [1.29, 1.82) is 0 Å². The van der Waals surface area contributed by atoms with Gasteiger partial charge in [-0.1, -0.05) is 11.6 Å². The van der Waals surface area contributed by atoms with E-state index in [0.717, 1.165) is 0 Å². The quantitative estimate of drug-likeness (QED) is 0.915. The number of carbonyl (C=O) groups is 1. The molecule has 21 heavy (non-hydrogen) atoms. The van der Waals surface area contributed by atoms with Crippen LogP contribution in [0.15, 0.2) is 24.5 Å². The Morgan fingerprint density at radius 3 is 2.57 bits per heavy atom. The fourth-order valence-corrected chi connectivity index (χ4v) is 2.13. The molecule has 0 aliphatic rings. The summed E-state index contributed by atoms with van der Waals surface area (Å²) >= 11 is 11.8. The zero-order valence-electron chi connectivity index (χ0n) is 11.4. The van der Waals surface area contributed by atoms with E-state index < -0.39 is 0 Å². The van der Waals surface area contributed by atoms with Gasteiger partial charge in [0, 0.05) is 24.5 Å². The first-order valence-electron chi connectivity index (χ1n) is 5.93. The van der Waals surface area contributed by atoms with E-state index in [1.165, 1.54) is 25.0 Å². The van der Waals surface area contributed by atoms with E-state index in [2.05, 4.69) is 10.3 Å². The largest absolute Gasteiger partial charge is 0.495 e. The topological polar surface area (TPSA) is 65.4 Å². The minimum absolute atomic E-state index is 0.0347. The number of nitrogens with one attached hydrogen (secondary N) is 1. The van der Waals surface area contributed by atoms with Gasteiger partial charge in [0.1, 0.15) is 18.0 Å². The Labute approximate surface area is 131 Å². The second kappa shape index (κ2) is 6.69. The van der Waals surface area contributed by atoms with Crippen molar-refractivity contribution < 1.29 is 14.3 Å². The number of halogens is 2. The molecular weight excluding hydrogens is 317 g/mol. The third-order valence-electron chi connectivity index (χ3n) is 2.73. The molecule has 0 spiro atoms. The Bertz CT molecular complexity index is 658. The van der Waals surface area contributed by atoms with Crippen LogP contribution >= 0.6 is 23.2 Å². The molecule has 0 radical (unpaired) electrons. The maximum absolute atomic E-state index is 12.0. The third-order valence-corrected chi connectivity index (χ3v) is 3.34. The number of aromatic nitrogens is 2. The molecule has 2 aromatic rings. The molecule has 0 saturated heterocycles. The SMILES string of the molecule is COc1cc(NC(=O)Cn2ccnc2Cl)c(OC)cc1Cl. The highest BCUT2D eigenvalue weighted by molar-refractivity contribution is 6.32. The molecule has 0 saturated carbocycles. The minimum atomic E-state index is -0.280. The predicted octanol–water partition coefficient (Wildman–Crippen LogP) is 2.85. The molecular formula is C13H13Cl2N3O3. The molecule has 1 heterocycles. The smallest absolute Gasteiger partial charge is 0.244 e. The number of amides is 1. The lowest BCUT2D eigenvalue weighted by molar-refractivity contribution is -0.116. The van der Waals surface area contributed by atoms with Crippen LogP contribution in [0.5, 0.6) is 11.5 Å². The molecule has 0 fully saturated rings. The first-order valence-corrected chi connectivity index (χ1v) is 6.68. The van der Waals surface area contributed by atoms with Gasteiger partial charge in [-0.2, -0.15) is 0 Å². The Balaban J connectivity index is 2.18. The number of carbonyl (C=O) groups excluding carboxylic acids is 1. The predicted molar refractivity (Wildman–Crippen MR) is 80.4 cm³/mol. The van der Waals surface area contributed by atoms with E-state index in [-0.39, 0.29) is 17.7 Å². The number of hydrogen-bond donors (Lipinski definition) is 1. The van der Waals surface area contributed by atoms with E-state index >= 15 is 0 Å². The summed E-state index contributed by atoms with van der Waals surface area (Å²) in [5, 5.41) is 3.35. The standard InChI is InChI=1S/C13H13Cl2N3O3/c1-20-10-6-9(11(21-2)5-8(10)14)17-12(19)7-18-4-3-16-13(18)15/h3-6H,7H2,1-2H3,(H,17,19). The lowest BCUT2D eigenvalue weighted by atomic mass is 10.2. The third kappa shape index (κ3) is 3.59. The summed E-state index contributed by atoms with van der Waals surface area (Å²) in [5.74, 6) is 0.594. The highest BCUT2D eigenvalue weighted by Crippen LogP contribution is 2.35. The maximum Gasteiger partial charge on any atom is 0.244 e. The van der Waals surface area contributed by atoms with Crippen LogP contribution in [-0.4, -0.2) is 29.7 Å². The van der Waals surface area contributed by atoms with E-state index in [1.54, 1.807) is 18.3 Å². The first kappa shape index (κ1) is 15.5. The number of rotatable bonds is 5.